The fraction of sp³-hybridized carbons (Fsp3) is 0.455. The largest absolute Gasteiger partial charge is 0.391 e. The van der Waals surface area contributed by atoms with Crippen molar-refractivity contribution in [3.8, 4) is 0 Å². The molecule has 0 aliphatic rings. The number of benzene rings is 1. The Labute approximate surface area is 104 Å². The number of hydrogen-bond donors (Lipinski definition) is 2. The predicted molar refractivity (Wildman–Crippen MR) is 61.4 cm³/mol. The molecule has 0 aromatic heterocycles. The molecule has 0 aliphatic heterocycles. The van der Waals surface area contributed by atoms with Gasteiger partial charge in [-0.25, -0.2) is 13.2 Å². The molecule has 0 saturated carbocycles. The van der Waals surface area contributed by atoms with Crippen LogP contribution in [0.25, 0.3) is 0 Å². The lowest BCUT2D eigenvalue weighted by atomic mass is 9.99. The molecule has 0 radical (unpaired) electrons. The van der Waals surface area contributed by atoms with Crippen molar-refractivity contribution >= 4 is 12.4 Å². The Bertz CT molecular complexity index is 353. The van der Waals surface area contributed by atoms with Gasteiger partial charge in [0, 0.05) is 0 Å². The van der Waals surface area contributed by atoms with E-state index in [9.17, 15) is 18.3 Å². The molecule has 2 nitrogen and oxygen atoms in total. The van der Waals surface area contributed by atoms with Crippen molar-refractivity contribution < 1.29 is 18.3 Å². The van der Waals surface area contributed by atoms with E-state index in [1.807, 2.05) is 6.92 Å². The molecule has 1 aromatic carbocycles. The third-order valence-electron chi connectivity index (χ3n) is 2.39. The lowest BCUT2D eigenvalue weighted by Gasteiger charge is -2.18. The van der Waals surface area contributed by atoms with Crippen LogP contribution in [0.4, 0.5) is 13.2 Å². The van der Waals surface area contributed by atoms with Crippen molar-refractivity contribution in [1.82, 2.24) is 0 Å². The van der Waals surface area contributed by atoms with E-state index in [4.69, 9.17) is 5.73 Å². The van der Waals surface area contributed by atoms with E-state index in [1.54, 1.807) is 0 Å². The number of rotatable bonds is 4. The number of nitrogens with two attached hydrogens (primary N) is 1. The Kier molecular flexibility index (Phi) is 6.52. The van der Waals surface area contributed by atoms with Crippen molar-refractivity contribution in [3.05, 3.63) is 35.1 Å². The van der Waals surface area contributed by atoms with E-state index in [1.165, 1.54) is 0 Å². The molecule has 0 fully saturated rings. The Morgan fingerprint density at radius 1 is 1.24 bits per heavy atom. The molecule has 6 heteroatoms. The lowest BCUT2D eigenvalue weighted by molar-refractivity contribution is 0.134. The summed E-state index contributed by atoms with van der Waals surface area (Å²) < 4.78 is 38.5. The van der Waals surface area contributed by atoms with Crippen LogP contribution >= 0.6 is 12.4 Å². The molecule has 0 spiro atoms. The monoisotopic (exact) mass is 269 g/mol. The molecule has 1 rings (SSSR count). The van der Waals surface area contributed by atoms with Gasteiger partial charge in [0.25, 0.3) is 0 Å². The van der Waals surface area contributed by atoms with Crippen LogP contribution in [0.5, 0.6) is 0 Å². The molecule has 3 N–H and O–H groups in total. The minimum absolute atomic E-state index is 0. The van der Waals surface area contributed by atoms with Crippen LogP contribution in [0.15, 0.2) is 12.1 Å². The molecule has 0 unspecified atom stereocenters. The summed E-state index contributed by atoms with van der Waals surface area (Å²) >= 11 is 0. The molecule has 0 heterocycles. The highest BCUT2D eigenvalue weighted by Gasteiger charge is 2.19. The molecule has 98 valence electrons. The molecule has 0 aliphatic carbocycles. The van der Waals surface area contributed by atoms with Gasteiger partial charge in [-0.1, -0.05) is 13.3 Å². The number of halogens is 4. The van der Waals surface area contributed by atoms with Crippen LogP contribution in [0.1, 0.15) is 31.4 Å². The van der Waals surface area contributed by atoms with Gasteiger partial charge < -0.3 is 10.8 Å². The molecule has 1 aromatic rings. The van der Waals surface area contributed by atoms with Gasteiger partial charge in [0.15, 0.2) is 17.5 Å². The van der Waals surface area contributed by atoms with E-state index >= 15 is 0 Å². The standard InChI is InChI=1S/C11H14F3NO.ClH/c1-2-3-9(16)11(15)6-4-7(12)10(14)8(13)5-6;/h4-5,9,11,16H,2-3,15H2,1H3;1H/t9-,11+;/m1./s1. The molecular formula is C11H15ClF3NO. The molecule has 2 atom stereocenters. The second-order valence-corrected chi connectivity index (χ2v) is 3.68. The maximum absolute atomic E-state index is 12.9. The van der Waals surface area contributed by atoms with Gasteiger partial charge in [-0.2, -0.15) is 0 Å². The van der Waals surface area contributed by atoms with E-state index in [-0.39, 0.29) is 18.0 Å². The topological polar surface area (TPSA) is 46.2 Å². The van der Waals surface area contributed by atoms with Gasteiger partial charge in [-0.3, -0.25) is 0 Å². The van der Waals surface area contributed by atoms with Crippen molar-refractivity contribution in [1.29, 1.82) is 0 Å². The lowest BCUT2D eigenvalue weighted by Crippen LogP contribution is -2.26. The fourth-order valence-corrected chi connectivity index (χ4v) is 1.47. The van der Waals surface area contributed by atoms with Crippen LogP contribution in [0, 0.1) is 17.5 Å². The van der Waals surface area contributed by atoms with Crippen LogP contribution in [0.2, 0.25) is 0 Å². The van der Waals surface area contributed by atoms with Gasteiger partial charge in [-0.15, -0.1) is 12.4 Å². The number of hydrogen-bond acceptors (Lipinski definition) is 2. The number of aliphatic hydroxyl groups excluding tert-OH is 1. The third-order valence-corrected chi connectivity index (χ3v) is 2.39. The predicted octanol–water partition coefficient (Wildman–Crippen LogP) is 2.69. The van der Waals surface area contributed by atoms with Crippen molar-refractivity contribution in [2.45, 2.75) is 31.9 Å². The van der Waals surface area contributed by atoms with Crippen molar-refractivity contribution in [2.24, 2.45) is 5.73 Å². The first-order valence-electron chi connectivity index (χ1n) is 5.05. The van der Waals surface area contributed by atoms with Gasteiger partial charge in [0.05, 0.1) is 12.1 Å². The summed E-state index contributed by atoms with van der Waals surface area (Å²) in [4.78, 5) is 0. The summed E-state index contributed by atoms with van der Waals surface area (Å²) in [5, 5.41) is 9.56. The van der Waals surface area contributed by atoms with Gasteiger partial charge in [-0.05, 0) is 24.1 Å². The summed E-state index contributed by atoms with van der Waals surface area (Å²) in [5.74, 6) is -4.12. The van der Waals surface area contributed by atoms with E-state index in [2.05, 4.69) is 0 Å². The maximum atomic E-state index is 12.9. The summed E-state index contributed by atoms with van der Waals surface area (Å²) in [5.41, 5.74) is 5.66. The Morgan fingerprint density at radius 2 is 1.71 bits per heavy atom. The van der Waals surface area contributed by atoms with Crippen molar-refractivity contribution in [2.75, 3.05) is 0 Å². The summed E-state index contributed by atoms with van der Waals surface area (Å²) in [6.07, 6.45) is 0.220. The summed E-state index contributed by atoms with van der Waals surface area (Å²) in [6, 6.07) is 0.703. The first kappa shape index (κ1) is 16.2. The number of aliphatic hydroxyl groups is 1. The third kappa shape index (κ3) is 3.87. The Morgan fingerprint density at radius 3 is 2.12 bits per heavy atom. The SMILES string of the molecule is CCC[C@@H](O)[C@@H](N)c1cc(F)c(F)c(F)c1.Cl. The zero-order valence-corrected chi connectivity index (χ0v) is 10.1. The molecule has 17 heavy (non-hydrogen) atoms. The average molecular weight is 270 g/mol. The molecule has 0 bridgehead atoms. The van der Waals surface area contributed by atoms with Gasteiger partial charge in [0.2, 0.25) is 0 Å². The van der Waals surface area contributed by atoms with Crippen LogP contribution < -0.4 is 5.73 Å². The van der Waals surface area contributed by atoms with Gasteiger partial charge in [0.1, 0.15) is 0 Å². The smallest absolute Gasteiger partial charge is 0.194 e. The Hall–Kier alpha value is -0.780. The highest BCUT2D eigenvalue weighted by Crippen LogP contribution is 2.21. The Balaban J connectivity index is 0.00000256. The highest BCUT2D eigenvalue weighted by molar-refractivity contribution is 5.85. The normalized spacial score (nSPS) is 14.0. The van der Waals surface area contributed by atoms with Gasteiger partial charge >= 0.3 is 0 Å². The fourth-order valence-electron chi connectivity index (χ4n) is 1.47. The minimum Gasteiger partial charge on any atom is -0.391 e. The molecule has 0 saturated heterocycles. The maximum Gasteiger partial charge on any atom is 0.194 e. The van der Waals surface area contributed by atoms with Crippen molar-refractivity contribution in [3.63, 3.8) is 0 Å². The quantitative estimate of drug-likeness (QED) is 0.826. The van der Waals surface area contributed by atoms with Crippen LogP contribution in [0.3, 0.4) is 0 Å². The zero-order valence-electron chi connectivity index (χ0n) is 9.29. The molecule has 0 amide bonds. The summed E-state index contributed by atoms with van der Waals surface area (Å²) in [6.45, 7) is 1.85. The van der Waals surface area contributed by atoms with E-state index in [0.717, 1.165) is 12.1 Å². The van der Waals surface area contributed by atoms with E-state index in [0.29, 0.717) is 12.8 Å². The zero-order chi connectivity index (χ0) is 12.3. The molecular weight excluding hydrogens is 255 g/mol. The second-order valence-electron chi connectivity index (χ2n) is 3.68. The second kappa shape index (κ2) is 6.83. The highest BCUT2D eigenvalue weighted by atomic mass is 35.5. The van der Waals surface area contributed by atoms with Crippen LogP contribution in [-0.4, -0.2) is 11.2 Å². The minimum atomic E-state index is -1.53. The first-order chi connectivity index (χ1) is 7.47. The summed E-state index contributed by atoms with van der Waals surface area (Å²) in [7, 11) is 0. The first-order valence-corrected chi connectivity index (χ1v) is 5.05. The van der Waals surface area contributed by atoms with Crippen LogP contribution in [-0.2, 0) is 0 Å². The average Bonchev–Trinajstić information content (AvgIpc) is 2.24. The van der Waals surface area contributed by atoms with E-state index < -0.39 is 29.6 Å².